The van der Waals surface area contributed by atoms with Crippen LogP contribution < -0.4 is 16.6 Å². The van der Waals surface area contributed by atoms with Gasteiger partial charge in [0.15, 0.2) is 0 Å². The lowest BCUT2D eigenvalue weighted by Gasteiger charge is -2.37. The van der Waals surface area contributed by atoms with Gasteiger partial charge in [-0.1, -0.05) is 69.3 Å². The Hall–Kier alpha value is -6.10. The molecule has 2 aromatic heterocycles. The summed E-state index contributed by atoms with van der Waals surface area (Å²) in [7, 11) is 0. The van der Waals surface area contributed by atoms with E-state index in [2.05, 4.69) is 5.32 Å². The van der Waals surface area contributed by atoms with Crippen LogP contribution in [0.25, 0.3) is 22.3 Å². The SMILES string of the molecule is CC[C@@]1(OC(=O)[C@@H](NC(=O)CCC(N)C(=O)OCc2ccccc2)C(C)C)C(=O)OCc2c1cc1n(c2=O)Cc2cc3ccccc3nc2-1.O=C(O)C(F)(F)F. The summed E-state index contributed by atoms with van der Waals surface area (Å²) in [5, 5.41) is 10.7. The van der Waals surface area contributed by atoms with Crippen molar-refractivity contribution in [2.24, 2.45) is 11.7 Å². The van der Waals surface area contributed by atoms with Gasteiger partial charge in [-0.05, 0) is 42.5 Å². The number of carboxylic acids is 1. The quantitative estimate of drug-likeness (QED) is 0.127. The number of aliphatic carboxylic acids is 1. The highest BCUT2D eigenvalue weighted by molar-refractivity contribution is 5.91. The second-order valence-electron chi connectivity index (χ2n) is 13.5. The fraction of sp³-hybridized carbons (Fsp3) is 0.359. The van der Waals surface area contributed by atoms with Crippen LogP contribution in [0.3, 0.4) is 0 Å². The van der Waals surface area contributed by atoms with Crippen molar-refractivity contribution >= 4 is 40.7 Å². The van der Waals surface area contributed by atoms with Crippen molar-refractivity contribution in [1.82, 2.24) is 14.9 Å². The van der Waals surface area contributed by atoms with Crippen molar-refractivity contribution < 1.29 is 56.5 Å². The lowest BCUT2D eigenvalue weighted by molar-refractivity contribution is -0.192. The summed E-state index contributed by atoms with van der Waals surface area (Å²) in [4.78, 5) is 80.2. The predicted molar refractivity (Wildman–Crippen MR) is 192 cm³/mol. The van der Waals surface area contributed by atoms with E-state index in [-0.39, 0.29) is 49.2 Å². The van der Waals surface area contributed by atoms with Gasteiger partial charge in [0.25, 0.3) is 5.56 Å². The number of amides is 1. The molecule has 296 valence electrons. The van der Waals surface area contributed by atoms with Gasteiger partial charge in [-0.2, -0.15) is 13.2 Å². The minimum atomic E-state index is -5.08. The number of para-hydroxylation sites is 1. The lowest BCUT2D eigenvalue weighted by atomic mass is 9.85. The molecule has 3 atom stereocenters. The number of aromatic nitrogens is 2. The summed E-state index contributed by atoms with van der Waals surface area (Å²) in [6.07, 6.45) is -5.28. The molecule has 1 amide bonds. The number of hydrogen-bond donors (Lipinski definition) is 3. The van der Waals surface area contributed by atoms with Gasteiger partial charge in [-0.15, -0.1) is 0 Å². The van der Waals surface area contributed by atoms with E-state index < -0.39 is 59.6 Å². The summed E-state index contributed by atoms with van der Waals surface area (Å²) in [5.41, 5.74) is 7.70. The number of fused-ring (bicyclic) bond motifs is 5. The zero-order chi connectivity index (χ0) is 40.9. The van der Waals surface area contributed by atoms with Crippen LogP contribution in [0.15, 0.2) is 71.5 Å². The number of halogens is 3. The zero-order valence-electron chi connectivity index (χ0n) is 30.6. The summed E-state index contributed by atoms with van der Waals surface area (Å²) in [6, 6.07) is 18.3. The highest BCUT2D eigenvalue weighted by atomic mass is 19.4. The molecule has 56 heavy (non-hydrogen) atoms. The number of carboxylic acid groups (broad SMARTS) is 1. The van der Waals surface area contributed by atoms with E-state index >= 15 is 0 Å². The van der Waals surface area contributed by atoms with E-state index in [4.69, 9.17) is 34.8 Å². The molecule has 4 N–H and O–H groups in total. The lowest BCUT2D eigenvalue weighted by Crippen LogP contribution is -2.52. The average Bonchev–Trinajstić information content (AvgIpc) is 3.52. The predicted octanol–water partition coefficient (Wildman–Crippen LogP) is 4.26. The standard InChI is InChI=1S/C37H38N4O8.C2HF3O2/c1-4-37(49-35(45)31(21(2)3)40-30(42)15-14-27(38)34(44)47-19-22-10-6-5-7-11-22)26-17-29-32-24(16-23-12-8-9-13-28(23)39-32)18-41(29)33(43)25(26)20-48-36(37)46;3-2(4,5)1(6)7/h5-13,16-17,21,27,31H,4,14-15,18-20,38H2,1-3H3,(H,40,42);(H,6,7)/t27?,31-,37-;/m0./s1. The number of nitrogens with two attached hydrogens (primary N) is 1. The summed E-state index contributed by atoms with van der Waals surface area (Å²) >= 11 is 0. The van der Waals surface area contributed by atoms with Gasteiger partial charge in [0.2, 0.25) is 11.5 Å². The molecule has 2 aromatic carbocycles. The van der Waals surface area contributed by atoms with E-state index in [0.717, 1.165) is 22.0 Å². The third kappa shape index (κ3) is 8.72. The van der Waals surface area contributed by atoms with Crippen LogP contribution >= 0.6 is 0 Å². The number of carbonyl (C=O) groups is 5. The fourth-order valence-corrected chi connectivity index (χ4v) is 6.30. The van der Waals surface area contributed by atoms with Crippen LogP contribution in [0.1, 0.15) is 62.3 Å². The third-order valence-electron chi connectivity index (χ3n) is 9.35. The molecule has 0 bridgehead atoms. The Morgan fingerprint density at radius 2 is 1.70 bits per heavy atom. The Morgan fingerprint density at radius 1 is 1.04 bits per heavy atom. The molecule has 0 fully saturated rings. The van der Waals surface area contributed by atoms with Crippen LogP contribution in [0, 0.1) is 5.92 Å². The number of pyridine rings is 2. The number of ether oxygens (including phenoxy) is 3. The van der Waals surface area contributed by atoms with Crippen molar-refractivity contribution in [3.8, 4) is 11.4 Å². The number of rotatable bonds is 11. The van der Waals surface area contributed by atoms with Gasteiger partial charge in [0.1, 0.15) is 25.3 Å². The maximum absolute atomic E-state index is 13.8. The van der Waals surface area contributed by atoms with Crippen LogP contribution in [0.4, 0.5) is 13.2 Å². The maximum atomic E-state index is 13.8. The van der Waals surface area contributed by atoms with Crippen molar-refractivity contribution in [1.29, 1.82) is 0 Å². The molecule has 6 rings (SSSR count). The first kappa shape index (κ1) is 41.1. The molecule has 0 radical (unpaired) electrons. The molecule has 17 heteroatoms. The molecule has 0 saturated carbocycles. The molecule has 2 aliphatic heterocycles. The minimum Gasteiger partial charge on any atom is -0.475 e. The molecule has 2 aliphatic rings. The molecule has 14 nitrogen and oxygen atoms in total. The Bertz CT molecular complexity index is 2220. The number of alkyl halides is 3. The monoisotopic (exact) mass is 780 g/mol. The molecular weight excluding hydrogens is 741 g/mol. The van der Waals surface area contributed by atoms with Gasteiger partial charge >= 0.3 is 30.1 Å². The van der Waals surface area contributed by atoms with E-state index in [9.17, 15) is 37.1 Å². The minimum absolute atomic E-state index is 0.0161. The number of carbonyl (C=O) groups excluding carboxylic acids is 4. The van der Waals surface area contributed by atoms with Crippen LogP contribution in [0.5, 0.6) is 0 Å². The van der Waals surface area contributed by atoms with Crippen molar-refractivity contribution in [2.45, 2.75) is 83.7 Å². The molecule has 0 saturated heterocycles. The maximum Gasteiger partial charge on any atom is 0.490 e. The number of benzene rings is 2. The Labute approximate surface area is 317 Å². The van der Waals surface area contributed by atoms with Crippen molar-refractivity contribution in [2.75, 3.05) is 0 Å². The van der Waals surface area contributed by atoms with Crippen LogP contribution in [-0.4, -0.2) is 62.7 Å². The number of cyclic esters (lactones) is 1. The average molecular weight is 781 g/mol. The van der Waals surface area contributed by atoms with Crippen molar-refractivity contribution in [3.05, 3.63) is 99.3 Å². The van der Waals surface area contributed by atoms with Crippen LogP contribution in [-0.2, 0) is 63.5 Å². The van der Waals surface area contributed by atoms with Gasteiger partial charge < -0.3 is 34.9 Å². The first-order valence-electron chi connectivity index (χ1n) is 17.6. The second-order valence-corrected chi connectivity index (χ2v) is 13.5. The number of nitrogens with one attached hydrogen (secondary N) is 1. The topological polar surface area (TPSA) is 206 Å². The normalized spacial score (nSPS) is 16.6. The molecule has 0 aliphatic carbocycles. The Morgan fingerprint density at radius 3 is 2.34 bits per heavy atom. The smallest absolute Gasteiger partial charge is 0.475 e. The Kier molecular flexibility index (Phi) is 12.3. The Balaban J connectivity index is 0.000000784. The van der Waals surface area contributed by atoms with E-state index in [1.165, 1.54) is 0 Å². The summed E-state index contributed by atoms with van der Waals surface area (Å²) in [6.45, 7) is 5.19. The molecule has 1 unspecified atom stereocenters. The summed E-state index contributed by atoms with van der Waals surface area (Å²) in [5.74, 6) is -6.06. The number of esters is 3. The van der Waals surface area contributed by atoms with Gasteiger partial charge in [-0.25, -0.2) is 19.4 Å². The third-order valence-corrected chi connectivity index (χ3v) is 9.35. The van der Waals surface area contributed by atoms with E-state index in [0.29, 0.717) is 17.9 Å². The molecule has 4 heterocycles. The number of hydrogen-bond acceptors (Lipinski definition) is 11. The van der Waals surface area contributed by atoms with Gasteiger partial charge in [0.05, 0.1) is 29.0 Å². The zero-order valence-corrected chi connectivity index (χ0v) is 30.6. The second kappa shape index (κ2) is 16.7. The van der Waals surface area contributed by atoms with Gasteiger partial charge in [0, 0.05) is 22.9 Å². The highest BCUT2D eigenvalue weighted by Gasteiger charge is 2.51. The van der Waals surface area contributed by atoms with E-state index in [1.807, 2.05) is 60.7 Å². The summed E-state index contributed by atoms with van der Waals surface area (Å²) < 4.78 is 50.1. The molecule has 4 aromatic rings. The number of nitrogens with zero attached hydrogens (tertiary/aromatic N) is 2. The largest absolute Gasteiger partial charge is 0.490 e. The van der Waals surface area contributed by atoms with Crippen LogP contribution in [0.2, 0.25) is 0 Å². The first-order valence-corrected chi connectivity index (χ1v) is 17.6. The molecular formula is C39H39F3N4O10. The van der Waals surface area contributed by atoms with Gasteiger partial charge in [-0.3, -0.25) is 14.4 Å². The first-order chi connectivity index (χ1) is 26.5. The van der Waals surface area contributed by atoms with Crippen molar-refractivity contribution in [3.63, 3.8) is 0 Å². The fourth-order valence-electron chi connectivity index (χ4n) is 6.30. The molecule has 0 spiro atoms. The van der Waals surface area contributed by atoms with E-state index in [1.54, 1.807) is 31.4 Å². The highest BCUT2D eigenvalue weighted by Crippen LogP contribution is 2.41.